The minimum atomic E-state index is -0.0792. The maximum Gasteiger partial charge on any atom is 0.0627 e. The molecule has 1 N–H and O–H groups in total. The molecule has 1 aromatic heterocycles. The molecule has 0 radical (unpaired) electrons. The van der Waals surface area contributed by atoms with Gasteiger partial charge in [-0.1, -0.05) is 25.7 Å². The Hall–Kier alpha value is -0.830. The van der Waals surface area contributed by atoms with Crippen molar-refractivity contribution in [2.45, 2.75) is 76.4 Å². The van der Waals surface area contributed by atoms with Crippen molar-refractivity contribution in [3.63, 3.8) is 0 Å². The van der Waals surface area contributed by atoms with Crippen LogP contribution in [0, 0.1) is 5.92 Å². The van der Waals surface area contributed by atoms with Gasteiger partial charge in [-0.2, -0.15) is 5.10 Å². The fourth-order valence-corrected chi connectivity index (χ4v) is 3.77. The van der Waals surface area contributed by atoms with Gasteiger partial charge < -0.3 is 5.11 Å². The second-order valence-electron chi connectivity index (χ2n) is 6.47. The Morgan fingerprint density at radius 3 is 2.68 bits per heavy atom. The number of nitrogens with zero attached hydrogens (tertiary/aromatic N) is 2. The van der Waals surface area contributed by atoms with Gasteiger partial charge in [-0.3, -0.25) is 4.68 Å². The molecule has 19 heavy (non-hydrogen) atoms. The third kappa shape index (κ3) is 3.38. The number of rotatable bonds is 3. The molecule has 2 unspecified atom stereocenters. The lowest BCUT2D eigenvalue weighted by Gasteiger charge is -2.15. The van der Waals surface area contributed by atoms with Crippen LogP contribution in [0.15, 0.2) is 12.3 Å². The smallest absolute Gasteiger partial charge is 0.0627 e. The van der Waals surface area contributed by atoms with Crippen molar-refractivity contribution in [3.8, 4) is 0 Å². The minimum absolute atomic E-state index is 0.0792. The van der Waals surface area contributed by atoms with E-state index in [9.17, 15) is 5.11 Å². The van der Waals surface area contributed by atoms with Crippen molar-refractivity contribution in [3.05, 3.63) is 18.0 Å². The summed E-state index contributed by atoms with van der Waals surface area (Å²) in [6.45, 7) is 0. The van der Waals surface area contributed by atoms with Crippen molar-refractivity contribution >= 4 is 0 Å². The predicted octanol–water partition coefficient (Wildman–Crippen LogP) is 3.48. The van der Waals surface area contributed by atoms with E-state index in [-0.39, 0.29) is 6.10 Å². The third-order valence-corrected chi connectivity index (χ3v) is 4.87. The van der Waals surface area contributed by atoms with Crippen molar-refractivity contribution in [2.75, 3.05) is 0 Å². The molecule has 2 fully saturated rings. The van der Waals surface area contributed by atoms with E-state index in [1.54, 1.807) is 0 Å². The highest BCUT2D eigenvalue weighted by atomic mass is 16.3. The molecule has 3 rings (SSSR count). The number of aliphatic hydroxyl groups excluding tert-OH is 1. The predicted molar refractivity (Wildman–Crippen MR) is 76.0 cm³/mol. The minimum Gasteiger partial charge on any atom is -0.393 e. The number of aliphatic hydroxyl groups is 1. The molecule has 0 aliphatic heterocycles. The zero-order chi connectivity index (χ0) is 13.1. The van der Waals surface area contributed by atoms with Crippen LogP contribution in [0.2, 0.25) is 0 Å². The normalized spacial score (nSPS) is 29.5. The number of aromatic nitrogens is 2. The highest BCUT2D eigenvalue weighted by Crippen LogP contribution is 2.30. The lowest BCUT2D eigenvalue weighted by atomic mass is 9.94. The van der Waals surface area contributed by atoms with E-state index in [1.165, 1.54) is 50.6 Å². The van der Waals surface area contributed by atoms with Crippen LogP contribution in [0.25, 0.3) is 0 Å². The summed E-state index contributed by atoms with van der Waals surface area (Å²) in [7, 11) is 0. The lowest BCUT2D eigenvalue weighted by molar-refractivity contribution is 0.141. The highest BCUT2D eigenvalue weighted by Gasteiger charge is 2.21. The molecule has 2 saturated carbocycles. The summed E-state index contributed by atoms with van der Waals surface area (Å²) >= 11 is 0. The Bertz CT molecular complexity index is 395. The summed E-state index contributed by atoms with van der Waals surface area (Å²) in [6, 6.07) is 2.84. The lowest BCUT2D eigenvalue weighted by Crippen LogP contribution is -2.13. The molecule has 3 heteroatoms. The SMILES string of the molecule is OC1CCCCC(Cc2ccn(C3CCCC3)n2)C1. The van der Waals surface area contributed by atoms with Gasteiger partial charge in [0.25, 0.3) is 0 Å². The van der Waals surface area contributed by atoms with Gasteiger partial charge >= 0.3 is 0 Å². The van der Waals surface area contributed by atoms with Crippen LogP contribution < -0.4 is 0 Å². The van der Waals surface area contributed by atoms with E-state index in [2.05, 4.69) is 16.9 Å². The first-order valence-electron chi connectivity index (χ1n) is 8.03. The van der Waals surface area contributed by atoms with Crippen LogP contribution in [0.1, 0.15) is 69.5 Å². The van der Waals surface area contributed by atoms with Crippen molar-refractivity contribution in [1.29, 1.82) is 0 Å². The summed E-state index contributed by atoms with van der Waals surface area (Å²) in [5.41, 5.74) is 1.23. The second-order valence-corrected chi connectivity index (χ2v) is 6.47. The standard InChI is InChI=1S/C16H26N2O/c19-16-8-4-1-5-13(12-16)11-14-9-10-18(17-14)15-6-2-3-7-15/h9-10,13,15-16,19H,1-8,11-12H2. The van der Waals surface area contributed by atoms with Gasteiger partial charge in [-0.05, 0) is 50.5 Å². The molecular weight excluding hydrogens is 236 g/mol. The zero-order valence-electron chi connectivity index (χ0n) is 11.8. The van der Waals surface area contributed by atoms with E-state index >= 15 is 0 Å². The third-order valence-electron chi connectivity index (χ3n) is 4.87. The number of hydrogen-bond donors (Lipinski definition) is 1. The first kappa shape index (κ1) is 13.2. The summed E-state index contributed by atoms with van der Waals surface area (Å²) in [4.78, 5) is 0. The molecule has 0 aromatic carbocycles. The Morgan fingerprint density at radius 1 is 1.11 bits per heavy atom. The van der Waals surface area contributed by atoms with Gasteiger partial charge in [0.2, 0.25) is 0 Å². The summed E-state index contributed by atoms with van der Waals surface area (Å²) in [5.74, 6) is 0.629. The molecular formula is C16H26N2O. The number of hydrogen-bond acceptors (Lipinski definition) is 2. The topological polar surface area (TPSA) is 38.0 Å². The van der Waals surface area contributed by atoms with Crippen LogP contribution in [-0.4, -0.2) is 21.0 Å². The molecule has 1 heterocycles. The van der Waals surface area contributed by atoms with E-state index in [0.29, 0.717) is 12.0 Å². The van der Waals surface area contributed by atoms with Gasteiger partial charge in [0.05, 0.1) is 17.8 Å². The zero-order valence-corrected chi connectivity index (χ0v) is 11.8. The summed E-state index contributed by atoms with van der Waals surface area (Å²) < 4.78 is 2.19. The maximum absolute atomic E-state index is 9.89. The quantitative estimate of drug-likeness (QED) is 0.847. The van der Waals surface area contributed by atoms with Gasteiger partial charge in [-0.25, -0.2) is 0 Å². The van der Waals surface area contributed by atoms with Gasteiger partial charge in [0.15, 0.2) is 0 Å². The van der Waals surface area contributed by atoms with Crippen LogP contribution in [-0.2, 0) is 6.42 Å². The molecule has 0 saturated heterocycles. The molecule has 1 aromatic rings. The van der Waals surface area contributed by atoms with E-state index < -0.39 is 0 Å². The van der Waals surface area contributed by atoms with Crippen molar-refractivity contribution < 1.29 is 5.11 Å². The molecule has 3 nitrogen and oxygen atoms in total. The van der Waals surface area contributed by atoms with Gasteiger partial charge in [0, 0.05) is 6.20 Å². The molecule has 2 aliphatic carbocycles. The highest BCUT2D eigenvalue weighted by molar-refractivity contribution is 5.02. The summed E-state index contributed by atoms with van der Waals surface area (Å²) in [5, 5.41) is 14.7. The van der Waals surface area contributed by atoms with Gasteiger partial charge in [0.1, 0.15) is 0 Å². The maximum atomic E-state index is 9.89. The van der Waals surface area contributed by atoms with Crippen molar-refractivity contribution in [1.82, 2.24) is 9.78 Å². The molecule has 0 spiro atoms. The van der Waals surface area contributed by atoms with E-state index in [1.807, 2.05) is 0 Å². The average molecular weight is 262 g/mol. The van der Waals surface area contributed by atoms with Crippen LogP contribution >= 0.6 is 0 Å². The fraction of sp³-hybridized carbons (Fsp3) is 0.812. The Morgan fingerprint density at radius 2 is 1.84 bits per heavy atom. The Labute approximate surface area is 116 Å². The largest absolute Gasteiger partial charge is 0.393 e. The van der Waals surface area contributed by atoms with Crippen LogP contribution in [0.3, 0.4) is 0 Å². The monoisotopic (exact) mass is 262 g/mol. The molecule has 106 valence electrons. The molecule has 0 amide bonds. The fourth-order valence-electron chi connectivity index (χ4n) is 3.77. The van der Waals surface area contributed by atoms with E-state index in [0.717, 1.165) is 19.3 Å². The van der Waals surface area contributed by atoms with E-state index in [4.69, 9.17) is 5.10 Å². The first-order chi connectivity index (χ1) is 9.31. The van der Waals surface area contributed by atoms with Crippen molar-refractivity contribution in [2.24, 2.45) is 5.92 Å². The van der Waals surface area contributed by atoms with Crippen LogP contribution in [0.5, 0.6) is 0 Å². The Kier molecular flexibility index (Phi) is 4.21. The summed E-state index contributed by atoms with van der Waals surface area (Å²) in [6.07, 6.45) is 14.1. The molecule has 2 aliphatic rings. The van der Waals surface area contributed by atoms with Gasteiger partial charge in [-0.15, -0.1) is 0 Å². The molecule has 0 bridgehead atoms. The molecule has 2 atom stereocenters. The Balaban J connectivity index is 1.59. The van der Waals surface area contributed by atoms with Crippen LogP contribution in [0.4, 0.5) is 0 Å². The second kappa shape index (κ2) is 6.08. The average Bonchev–Trinajstić information content (AvgIpc) is 3.01. The first-order valence-corrected chi connectivity index (χ1v) is 8.03.